The van der Waals surface area contributed by atoms with Crippen LogP contribution >= 0.6 is 22.9 Å². The average molecular weight is 332 g/mol. The van der Waals surface area contributed by atoms with Gasteiger partial charge in [-0.2, -0.15) is 0 Å². The number of carbonyl (C=O) groups excluding carboxylic acids is 1. The van der Waals surface area contributed by atoms with Crippen molar-refractivity contribution in [3.63, 3.8) is 0 Å². The van der Waals surface area contributed by atoms with Crippen LogP contribution in [0.15, 0.2) is 6.20 Å². The van der Waals surface area contributed by atoms with Crippen LogP contribution < -0.4 is 5.32 Å². The van der Waals surface area contributed by atoms with Crippen LogP contribution in [0.2, 0.25) is 4.47 Å². The third-order valence-electron chi connectivity index (χ3n) is 3.21. The van der Waals surface area contributed by atoms with Crippen LogP contribution in [0.25, 0.3) is 0 Å². The minimum Gasteiger partial charge on any atom is -0.444 e. The van der Waals surface area contributed by atoms with Gasteiger partial charge in [0.15, 0.2) is 4.47 Å². The molecule has 5 nitrogen and oxygen atoms in total. The van der Waals surface area contributed by atoms with Crippen molar-refractivity contribution < 1.29 is 9.53 Å². The summed E-state index contributed by atoms with van der Waals surface area (Å²) in [6, 6.07) is 0.197. The Kier molecular flexibility index (Phi) is 5.46. The van der Waals surface area contributed by atoms with Gasteiger partial charge in [-0.05, 0) is 33.6 Å². The zero-order valence-corrected chi connectivity index (χ0v) is 14.3. The third kappa shape index (κ3) is 5.13. The summed E-state index contributed by atoms with van der Waals surface area (Å²) in [5.74, 6) is 0. The molecule has 0 spiro atoms. The van der Waals surface area contributed by atoms with Crippen LogP contribution in [0.3, 0.4) is 0 Å². The summed E-state index contributed by atoms with van der Waals surface area (Å²) in [5, 5.41) is 3.37. The van der Waals surface area contributed by atoms with Crippen LogP contribution in [0, 0.1) is 0 Å². The average Bonchev–Trinajstić information content (AvgIpc) is 2.96. The molecule has 0 radical (unpaired) electrons. The molecule has 0 unspecified atom stereocenters. The van der Waals surface area contributed by atoms with E-state index < -0.39 is 5.60 Å². The van der Waals surface area contributed by atoms with E-state index >= 15 is 0 Å². The lowest BCUT2D eigenvalue weighted by molar-refractivity contribution is 0.0226. The molecule has 2 rings (SSSR count). The molecule has 1 aliphatic rings. The molecule has 118 valence electrons. The van der Waals surface area contributed by atoms with Crippen LogP contribution in [-0.2, 0) is 11.3 Å². The Bertz CT molecular complexity index is 487. The van der Waals surface area contributed by atoms with Crippen LogP contribution in [-0.4, -0.2) is 40.7 Å². The van der Waals surface area contributed by atoms with Gasteiger partial charge in [0.1, 0.15) is 5.60 Å². The maximum atomic E-state index is 12.2. The maximum Gasteiger partial charge on any atom is 0.410 e. The summed E-state index contributed by atoms with van der Waals surface area (Å²) >= 11 is 7.27. The Labute approximate surface area is 134 Å². The molecule has 0 saturated carbocycles. The minimum absolute atomic E-state index is 0.197. The standard InChI is InChI=1S/C14H22ClN3O2S/c1-14(2,3)20-13(19)18-6-4-5-10(18)7-16-8-11-9-17-12(15)21-11/h9-10,16H,4-8H2,1-3H3/t10-/m1/s1. The molecule has 7 heteroatoms. The Balaban J connectivity index is 1.80. The van der Waals surface area contributed by atoms with Gasteiger partial charge in [-0.1, -0.05) is 11.6 Å². The minimum atomic E-state index is -0.447. The largest absolute Gasteiger partial charge is 0.444 e. The highest BCUT2D eigenvalue weighted by atomic mass is 35.5. The van der Waals surface area contributed by atoms with Crippen molar-refractivity contribution in [3.05, 3.63) is 15.5 Å². The van der Waals surface area contributed by atoms with Crippen molar-refractivity contribution >= 4 is 29.0 Å². The predicted octanol–water partition coefficient (Wildman–Crippen LogP) is 3.29. The number of hydrogen-bond donors (Lipinski definition) is 1. The van der Waals surface area contributed by atoms with Gasteiger partial charge in [-0.25, -0.2) is 9.78 Å². The SMILES string of the molecule is CC(C)(C)OC(=O)N1CCC[C@@H]1CNCc1cnc(Cl)s1. The summed E-state index contributed by atoms with van der Waals surface area (Å²) in [6.45, 7) is 7.93. The second-order valence-corrected chi connectivity index (χ2v) is 7.88. The number of ether oxygens (including phenoxy) is 1. The van der Waals surface area contributed by atoms with Gasteiger partial charge in [-0.3, -0.25) is 0 Å². The highest BCUT2D eigenvalue weighted by Gasteiger charge is 2.31. The Morgan fingerprint density at radius 3 is 3.00 bits per heavy atom. The zero-order chi connectivity index (χ0) is 15.5. The van der Waals surface area contributed by atoms with E-state index in [2.05, 4.69) is 10.3 Å². The maximum absolute atomic E-state index is 12.2. The fourth-order valence-corrected chi connectivity index (χ4v) is 3.28. The molecular formula is C14H22ClN3O2S. The smallest absolute Gasteiger partial charge is 0.410 e. The molecule has 1 aromatic rings. The quantitative estimate of drug-likeness (QED) is 0.919. The molecule has 21 heavy (non-hydrogen) atoms. The summed E-state index contributed by atoms with van der Waals surface area (Å²) in [7, 11) is 0. The van der Waals surface area contributed by atoms with E-state index in [9.17, 15) is 4.79 Å². The van der Waals surface area contributed by atoms with Gasteiger partial charge < -0.3 is 15.0 Å². The molecule has 1 aromatic heterocycles. The molecule has 1 fully saturated rings. The molecule has 0 bridgehead atoms. The Morgan fingerprint density at radius 2 is 2.38 bits per heavy atom. The summed E-state index contributed by atoms with van der Waals surface area (Å²) < 4.78 is 6.01. The number of nitrogens with one attached hydrogen (secondary N) is 1. The number of amides is 1. The molecule has 1 N–H and O–H groups in total. The third-order valence-corrected chi connectivity index (χ3v) is 4.32. The second kappa shape index (κ2) is 6.94. The van der Waals surface area contributed by atoms with E-state index in [0.29, 0.717) is 4.47 Å². The van der Waals surface area contributed by atoms with Gasteiger partial charge >= 0.3 is 6.09 Å². The highest BCUT2D eigenvalue weighted by Crippen LogP contribution is 2.21. The molecule has 0 aromatic carbocycles. The highest BCUT2D eigenvalue weighted by molar-refractivity contribution is 7.15. The van der Waals surface area contributed by atoms with Crippen molar-refractivity contribution in [1.82, 2.24) is 15.2 Å². The van der Waals surface area contributed by atoms with E-state index in [1.807, 2.05) is 25.7 Å². The summed E-state index contributed by atoms with van der Waals surface area (Å²) in [4.78, 5) is 19.1. The number of thiazole rings is 1. The Morgan fingerprint density at radius 1 is 1.62 bits per heavy atom. The normalized spacial score (nSPS) is 19.0. The van der Waals surface area contributed by atoms with E-state index in [4.69, 9.17) is 16.3 Å². The molecule has 1 saturated heterocycles. The predicted molar refractivity (Wildman–Crippen MR) is 84.8 cm³/mol. The molecule has 2 heterocycles. The van der Waals surface area contributed by atoms with Gasteiger partial charge in [-0.15, -0.1) is 11.3 Å². The molecule has 1 aliphatic heterocycles. The zero-order valence-electron chi connectivity index (χ0n) is 12.7. The van der Waals surface area contributed by atoms with E-state index in [1.165, 1.54) is 11.3 Å². The lowest BCUT2D eigenvalue weighted by Crippen LogP contribution is -2.43. The number of likely N-dealkylation sites (tertiary alicyclic amines) is 1. The molecule has 0 aliphatic carbocycles. The van der Waals surface area contributed by atoms with Crippen LogP contribution in [0.4, 0.5) is 4.79 Å². The number of hydrogen-bond acceptors (Lipinski definition) is 5. The van der Waals surface area contributed by atoms with Crippen molar-refractivity contribution in [2.24, 2.45) is 0 Å². The van der Waals surface area contributed by atoms with Crippen LogP contribution in [0.5, 0.6) is 0 Å². The second-order valence-electron chi connectivity index (χ2n) is 6.18. The Hall–Kier alpha value is -0.850. The summed E-state index contributed by atoms with van der Waals surface area (Å²) in [5.41, 5.74) is -0.447. The monoisotopic (exact) mass is 331 g/mol. The van der Waals surface area contributed by atoms with Crippen molar-refractivity contribution in [2.75, 3.05) is 13.1 Å². The van der Waals surface area contributed by atoms with Gasteiger partial charge in [0.2, 0.25) is 0 Å². The number of aromatic nitrogens is 1. The van der Waals surface area contributed by atoms with Crippen molar-refractivity contribution in [3.8, 4) is 0 Å². The first-order chi connectivity index (χ1) is 9.85. The first kappa shape index (κ1) is 16.5. The molecular weight excluding hydrogens is 310 g/mol. The topological polar surface area (TPSA) is 54.5 Å². The number of halogens is 1. The van der Waals surface area contributed by atoms with Crippen molar-refractivity contribution in [1.29, 1.82) is 0 Å². The van der Waals surface area contributed by atoms with Gasteiger partial charge in [0.25, 0.3) is 0 Å². The summed E-state index contributed by atoms with van der Waals surface area (Å²) in [6.07, 6.45) is 3.60. The first-order valence-electron chi connectivity index (χ1n) is 7.16. The van der Waals surface area contributed by atoms with Gasteiger partial charge in [0.05, 0.1) is 0 Å². The van der Waals surface area contributed by atoms with Gasteiger partial charge in [0, 0.05) is 36.8 Å². The lowest BCUT2D eigenvalue weighted by atomic mass is 10.2. The lowest BCUT2D eigenvalue weighted by Gasteiger charge is -2.28. The fraction of sp³-hybridized carbons (Fsp3) is 0.714. The van der Waals surface area contributed by atoms with Crippen molar-refractivity contribution in [2.45, 2.75) is 51.8 Å². The molecule has 1 atom stereocenters. The number of carbonyl (C=O) groups is 1. The number of nitrogens with zero attached hydrogens (tertiary/aromatic N) is 2. The van der Waals surface area contributed by atoms with E-state index in [-0.39, 0.29) is 12.1 Å². The first-order valence-corrected chi connectivity index (χ1v) is 8.35. The molecule has 1 amide bonds. The van der Waals surface area contributed by atoms with Crippen LogP contribution in [0.1, 0.15) is 38.5 Å². The van der Waals surface area contributed by atoms with E-state index in [0.717, 1.165) is 37.4 Å². The fourth-order valence-electron chi connectivity index (χ4n) is 2.34. The van der Waals surface area contributed by atoms with E-state index in [1.54, 1.807) is 6.20 Å². The number of rotatable bonds is 4.